The van der Waals surface area contributed by atoms with Crippen molar-refractivity contribution in [1.29, 1.82) is 0 Å². The van der Waals surface area contributed by atoms with Gasteiger partial charge in [0.25, 0.3) is 0 Å². The summed E-state index contributed by atoms with van der Waals surface area (Å²) in [6.45, 7) is 7.93. The number of unbranched alkanes of at least 4 members (excludes halogenated alkanes) is 5. The van der Waals surface area contributed by atoms with Gasteiger partial charge in [0.05, 0.1) is 28.2 Å². The summed E-state index contributed by atoms with van der Waals surface area (Å²) in [5.41, 5.74) is 4.49. The van der Waals surface area contributed by atoms with E-state index in [9.17, 15) is 24.3 Å². The average Bonchev–Trinajstić information content (AvgIpc) is 3.56. The second-order valence-electron chi connectivity index (χ2n) is 13.0. The molecule has 0 unspecified atom stereocenters. The van der Waals surface area contributed by atoms with Crippen molar-refractivity contribution in [3.63, 3.8) is 0 Å². The molecule has 1 aromatic carbocycles. The first-order valence-corrected chi connectivity index (χ1v) is 16.5. The van der Waals surface area contributed by atoms with Gasteiger partial charge >= 0.3 is 5.97 Å². The number of hydrogen-bond acceptors (Lipinski definition) is 7. The molecule has 1 fully saturated rings. The molecule has 43 heavy (non-hydrogen) atoms. The third kappa shape index (κ3) is 10.6. The first-order chi connectivity index (χ1) is 20.4. The highest BCUT2D eigenvalue weighted by Gasteiger charge is 2.44. The molecule has 1 aromatic heterocycles. The van der Waals surface area contributed by atoms with Gasteiger partial charge in [0.15, 0.2) is 5.78 Å². The maximum Gasteiger partial charge on any atom is 0.303 e. The van der Waals surface area contributed by atoms with Gasteiger partial charge in [-0.15, -0.1) is 11.3 Å². The number of rotatable bonds is 17. The van der Waals surface area contributed by atoms with Crippen molar-refractivity contribution >= 4 is 34.8 Å². The molecule has 0 bridgehead atoms. The van der Waals surface area contributed by atoms with Crippen LogP contribution in [0, 0.1) is 18.3 Å². The van der Waals surface area contributed by atoms with Gasteiger partial charge in [-0.3, -0.25) is 19.2 Å². The molecular weight excluding hydrogens is 564 g/mol. The number of aliphatic hydroxyl groups excluding tert-OH is 1. The summed E-state index contributed by atoms with van der Waals surface area (Å²) in [6.07, 6.45) is 6.14. The topological polar surface area (TPSA) is 125 Å². The molecule has 236 valence electrons. The van der Waals surface area contributed by atoms with E-state index in [0.29, 0.717) is 19.3 Å². The fraction of sp³-hybridized carbons (Fsp3) is 0.618. The van der Waals surface area contributed by atoms with Crippen molar-refractivity contribution in [2.45, 2.75) is 117 Å². The molecule has 1 amide bonds. The number of ketones is 2. The van der Waals surface area contributed by atoms with Crippen LogP contribution in [0.25, 0.3) is 10.4 Å². The molecule has 1 aliphatic rings. The van der Waals surface area contributed by atoms with E-state index in [1.807, 2.05) is 57.5 Å². The number of carbonyl (C=O) groups is 4. The van der Waals surface area contributed by atoms with Crippen LogP contribution in [-0.4, -0.2) is 62.2 Å². The Morgan fingerprint density at radius 3 is 2.19 bits per heavy atom. The third-order valence-electron chi connectivity index (χ3n) is 8.43. The van der Waals surface area contributed by atoms with Crippen LogP contribution in [-0.2, 0) is 25.6 Å². The number of aromatic nitrogens is 1. The van der Waals surface area contributed by atoms with Gasteiger partial charge in [0, 0.05) is 44.6 Å². The van der Waals surface area contributed by atoms with Crippen LogP contribution in [0.1, 0.15) is 103 Å². The lowest BCUT2D eigenvalue weighted by Crippen LogP contribution is -2.47. The largest absolute Gasteiger partial charge is 0.481 e. The predicted molar refractivity (Wildman–Crippen MR) is 169 cm³/mol. The van der Waals surface area contributed by atoms with Crippen LogP contribution in [0.3, 0.4) is 0 Å². The number of benzene rings is 1. The number of carboxylic acids is 1. The van der Waals surface area contributed by atoms with Gasteiger partial charge in [0.2, 0.25) is 5.91 Å². The van der Waals surface area contributed by atoms with Crippen molar-refractivity contribution in [1.82, 2.24) is 9.88 Å². The Bertz CT molecular complexity index is 1230. The average molecular weight is 613 g/mol. The summed E-state index contributed by atoms with van der Waals surface area (Å²) in [5.74, 6) is -1.58. The predicted octanol–water partition coefficient (Wildman–Crippen LogP) is 6.41. The fourth-order valence-electron chi connectivity index (χ4n) is 5.80. The minimum Gasteiger partial charge on any atom is -0.481 e. The summed E-state index contributed by atoms with van der Waals surface area (Å²) in [4.78, 5) is 57.7. The van der Waals surface area contributed by atoms with Gasteiger partial charge in [-0.1, -0.05) is 70.7 Å². The van der Waals surface area contributed by atoms with Crippen LogP contribution in [0.5, 0.6) is 0 Å². The van der Waals surface area contributed by atoms with Crippen molar-refractivity contribution in [2.75, 3.05) is 6.54 Å². The minimum atomic E-state index is -0.767. The smallest absolute Gasteiger partial charge is 0.303 e. The lowest BCUT2D eigenvalue weighted by atomic mass is 9.76. The third-order valence-corrected chi connectivity index (χ3v) is 9.40. The molecule has 0 radical (unpaired) electrons. The number of amides is 1. The highest BCUT2D eigenvalue weighted by atomic mass is 32.1. The van der Waals surface area contributed by atoms with Crippen molar-refractivity contribution in [3.05, 3.63) is 41.0 Å². The number of β-amino-alcohol motifs (C(OH)–C–C–N with tert-alkyl or cyclic N) is 1. The Hall–Kier alpha value is -2.91. The highest BCUT2D eigenvalue weighted by molar-refractivity contribution is 7.13. The maximum atomic E-state index is 13.8. The Kier molecular flexibility index (Phi) is 13.1. The normalized spacial score (nSPS) is 17.7. The summed E-state index contributed by atoms with van der Waals surface area (Å²) < 4.78 is 0. The molecule has 2 heterocycles. The number of nitrogens with zero attached hydrogens (tertiary/aromatic N) is 2. The van der Waals surface area contributed by atoms with E-state index in [-0.39, 0.29) is 49.7 Å². The van der Waals surface area contributed by atoms with E-state index in [0.717, 1.165) is 53.8 Å². The number of Topliss-reactive ketones (excluding diaryl/α,β-unsaturated/α-hetero) is 2. The Balaban J connectivity index is 1.53. The summed E-state index contributed by atoms with van der Waals surface area (Å²) >= 11 is 1.60. The zero-order valence-corrected chi connectivity index (χ0v) is 27.0. The zero-order valence-electron chi connectivity index (χ0n) is 26.1. The first kappa shape index (κ1) is 34.6. The van der Waals surface area contributed by atoms with Crippen molar-refractivity contribution < 1.29 is 29.4 Å². The quantitative estimate of drug-likeness (QED) is 0.198. The number of carboxylic acid groups (broad SMARTS) is 1. The monoisotopic (exact) mass is 612 g/mol. The molecule has 8 nitrogen and oxygen atoms in total. The first-order valence-electron chi connectivity index (χ1n) is 15.6. The number of thiazole rings is 1. The number of aliphatic hydroxyl groups is 1. The SMILES string of the molecule is Cc1ncsc1-c1ccc(CCC(=O)[C@@H]2C[C@@H](O)CN2C(=O)[C@@H](CC(=O)CCCCCCCCC(=O)O)C(C)(C)C)cc1. The fourth-order valence-corrected chi connectivity index (χ4v) is 6.61. The van der Waals surface area contributed by atoms with E-state index >= 15 is 0 Å². The van der Waals surface area contributed by atoms with Gasteiger partial charge in [-0.2, -0.15) is 0 Å². The number of aliphatic carboxylic acids is 1. The molecule has 2 aromatic rings. The molecule has 1 saturated heterocycles. The van der Waals surface area contributed by atoms with Crippen LogP contribution in [0.15, 0.2) is 29.8 Å². The maximum absolute atomic E-state index is 13.8. The van der Waals surface area contributed by atoms with Crippen LogP contribution in [0.2, 0.25) is 0 Å². The van der Waals surface area contributed by atoms with Gasteiger partial charge in [-0.25, -0.2) is 4.98 Å². The van der Waals surface area contributed by atoms with Crippen LogP contribution in [0.4, 0.5) is 0 Å². The molecule has 1 aliphatic heterocycles. The van der Waals surface area contributed by atoms with E-state index in [2.05, 4.69) is 4.98 Å². The van der Waals surface area contributed by atoms with Crippen molar-refractivity contribution in [3.8, 4) is 10.4 Å². The summed E-state index contributed by atoms with van der Waals surface area (Å²) in [7, 11) is 0. The Morgan fingerprint density at radius 2 is 1.60 bits per heavy atom. The number of aryl methyl sites for hydroxylation is 2. The minimum absolute atomic E-state index is 0.0405. The highest BCUT2D eigenvalue weighted by Crippen LogP contribution is 2.34. The lowest BCUT2D eigenvalue weighted by molar-refractivity contribution is -0.145. The standard InChI is InChI=1S/C34H48N2O6S/c1-23-32(43-22-35-23)25-16-13-24(14-17-25)15-18-30(39)29-20-27(38)21-36(29)33(42)28(34(2,3)4)19-26(37)11-9-7-5-6-8-10-12-31(40)41/h13-14,16-17,22,27-29,38H,5-12,15,18-21H2,1-4H3,(H,40,41)/t27-,28-,29+/m1/s1. The Morgan fingerprint density at radius 1 is 0.977 bits per heavy atom. The molecule has 9 heteroatoms. The van der Waals surface area contributed by atoms with Gasteiger partial charge in [0.1, 0.15) is 5.78 Å². The molecule has 3 rings (SSSR count). The lowest BCUT2D eigenvalue weighted by Gasteiger charge is -2.34. The molecule has 0 aliphatic carbocycles. The van der Waals surface area contributed by atoms with Crippen LogP contribution < -0.4 is 0 Å². The van der Waals surface area contributed by atoms with Gasteiger partial charge in [-0.05, 0) is 42.7 Å². The molecular formula is C34H48N2O6S. The molecule has 0 saturated carbocycles. The molecule has 3 atom stereocenters. The molecule has 0 spiro atoms. The van der Waals surface area contributed by atoms with Crippen LogP contribution >= 0.6 is 11.3 Å². The zero-order chi connectivity index (χ0) is 31.6. The second kappa shape index (κ2) is 16.2. The number of carbonyl (C=O) groups excluding carboxylic acids is 3. The van der Waals surface area contributed by atoms with E-state index < -0.39 is 29.4 Å². The second-order valence-corrected chi connectivity index (χ2v) is 13.9. The molecule has 2 N–H and O–H groups in total. The van der Waals surface area contributed by atoms with E-state index in [4.69, 9.17) is 5.11 Å². The number of hydrogen-bond donors (Lipinski definition) is 2. The number of likely N-dealkylation sites (tertiary alicyclic amines) is 1. The van der Waals surface area contributed by atoms with E-state index in [1.165, 1.54) is 4.90 Å². The van der Waals surface area contributed by atoms with Crippen molar-refractivity contribution in [2.24, 2.45) is 11.3 Å². The van der Waals surface area contributed by atoms with E-state index in [1.54, 1.807) is 11.3 Å². The Labute approximate surface area is 259 Å². The summed E-state index contributed by atoms with van der Waals surface area (Å²) in [6, 6.07) is 7.46. The van der Waals surface area contributed by atoms with Gasteiger partial charge < -0.3 is 15.1 Å². The summed E-state index contributed by atoms with van der Waals surface area (Å²) in [5, 5.41) is 19.2.